The average Bonchev–Trinajstić information content (AvgIpc) is 2.75. The van der Waals surface area contributed by atoms with E-state index in [1.165, 1.54) is 14.2 Å². The van der Waals surface area contributed by atoms with Gasteiger partial charge >= 0.3 is 11.9 Å². The normalized spacial score (nSPS) is 19.2. The van der Waals surface area contributed by atoms with E-state index in [1.807, 2.05) is 41.1 Å². The summed E-state index contributed by atoms with van der Waals surface area (Å²) in [6, 6.07) is 6.41. The maximum Gasteiger partial charge on any atom is 0.325 e. The third-order valence-corrected chi connectivity index (χ3v) is 5.47. The molecule has 0 fully saturated rings. The minimum absolute atomic E-state index is 0.318. The minimum Gasteiger partial charge on any atom is -0.468 e. The van der Waals surface area contributed by atoms with Gasteiger partial charge in [-0.2, -0.15) is 0 Å². The van der Waals surface area contributed by atoms with Crippen LogP contribution in [0.15, 0.2) is 24.3 Å². The van der Waals surface area contributed by atoms with Crippen LogP contribution in [-0.2, 0) is 32.2 Å². The zero-order valence-corrected chi connectivity index (χ0v) is 18.0. The van der Waals surface area contributed by atoms with E-state index in [-0.39, 0.29) is 13.2 Å². The van der Waals surface area contributed by atoms with Crippen molar-refractivity contribution in [3.8, 4) is 0 Å². The van der Waals surface area contributed by atoms with E-state index in [9.17, 15) is 19.8 Å². The number of esters is 2. The molecule has 1 aromatic carbocycles. The van der Waals surface area contributed by atoms with Crippen LogP contribution in [0.4, 0.5) is 0 Å². The Labute approximate surface area is 177 Å². The molecule has 0 aromatic heterocycles. The van der Waals surface area contributed by atoms with Gasteiger partial charge in [0.05, 0.1) is 27.4 Å². The van der Waals surface area contributed by atoms with Crippen molar-refractivity contribution in [3.63, 3.8) is 0 Å². The van der Waals surface area contributed by atoms with Crippen molar-refractivity contribution in [1.82, 2.24) is 14.7 Å². The molecular formula is C21H33N3O6. The van der Waals surface area contributed by atoms with Crippen LogP contribution in [0.1, 0.15) is 11.1 Å². The molecule has 0 saturated heterocycles. The van der Waals surface area contributed by atoms with Crippen molar-refractivity contribution in [2.24, 2.45) is 0 Å². The molecule has 0 amide bonds. The highest BCUT2D eigenvalue weighted by atomic mass is 16.5. The SMILES string of the molecule is COC(=O)C(CO)N1CCN(C)CCN(C(CO)C(=O)OC)Cc2cccc(c2)C1. The van der Waals surface area contributed by atoms with Gasteiger partial charge in [-0.05, 0) is 18.2 Å². The van der Waals surface area contributed by atoms with Gasteiger partial charge in [0.25, 0.3) is 0 Å². The summed E-state index contributed by atoms with van der Waals surface area (Å²) in [5.74, 6) is -0.920. The Hall–Kier alpha value is -2.04. The summed E-state index contributed by atoms with van der Waals surface area (Å²) >= 11 is 0. The van der Waals surface area contributed by atoms with Gasteiger partial charge in [0.1, 0.15) is 12.1 Å². The van der Waals surface area contributed by atoms with Crippen molar-refractivity contribution in [3.05, 3.63) is 35.4 Å². The number of carbonyl (C=O) groups is 2. The van der Waals surface area contributed by atoms with Crippen molar-refractivity contribution in [2.75, 3.05) is 60.7 Å². The van der Waals surface area contributed by atoms with Crippen LogP contribution in [0.3, 0.4) is 0 Å². The molecule has 30 heavy (non-hydrogen) atoms. The van der Waals surface area contributed by atoms with Gasteiger partial charge in [-0.25, -0.2) is 0 Å². The second kappa shape index (κ2) is 12.0. The molecule has 0 aliphatic carbocycles. The predicted molar refractivity (Wildman–Crippen MR) is 111 cm³/mol. The number of hydrogen-bond acceptors (Lipinski definition) is 9. The molecule has 1 aromatic rings. The zero-order chi connectivity index (χ0) is 22.1. The molecule has 1 aliphatic rings. The number of likely N-dealkylation sites (N-methyl/N-ethyl adjacent to an activating group) is 1. The molecule has 9 heteroatoms. The first kappa shape index (κ1) is 24.2. The van der Waals surface area contributed by atoms with Crippen LogP contribution >= 0.6 is 0 Å². The summed E-state index contributed by atoms with van der Waals surface area (Å²) in [6.45, 7) is 2.74. The Morgan fingerprint density at radius 2 is 1.33 bits per heavy atom. The third kappa shape index (κ3) is 6.48. The number of aliphatic hydroxyl groups is 2. The monoisotopic (exact) mass is 423 g/mol. The summed E-state index contributed by atoms with van der Waals surface area (Å²) in [6.07, 6.45) is 0. The van der Waals surface area contributed by atoms with Gasteiger partial charge in [0, 0.05) is 39.3 Å². The molecule has 2 unspecified atom stereocenters. The summed E-state index contributed by atoms with van der Waals surface area (Å²) in [7, 11) is 4.60. The summed E-state index contributed by atoms with van der Waals surface area (Å²) in [5, 5.41) is 19.6. The molecular weight excluding hydrogens is 390 g/mol. The number of fused-ring (bicyclic) bond motifs is 2. The van der Waals surface area contributed by atoms with E-state index in [2.05, 4.69) is 4.90 Å². The first-order valence-corrected chi connectivity index (χ1v) is 10.0. The Morgan fingerprint density at radius 1 is 0.900 bits per heavy atom. The molecule has 168 valence electrons. The molecule has 0 spiro atoms. The molecule has 2 rings (SSSR count). The van der Waals surface area contributed by atoms with Crippen molar-refractivity contribution >= 4 is 11.9 Å². The molecule has 0 radical (unpaired) electrons. The maximum atomic E-state index is 12.2. The second-order valence-electron chi connectivity index (χ2n) is 7.51. The predicted octanol–water partition coefficient (Wildman–Crippen LogP) is -0.696. The van der Waals surface area contributed by atoms with Gasteiger partial charge in [-0.3, -0.25) is 19.4 Å². The lowest BCUT2D eigenvalue weighted by atomic mass is 10.1. The molecule has 9 nitrogen and oxygen atoms in total. The number of ether oxygens (including phenoxy) is 2. The van der Waals surface area contributed by atoms with Crippen LogP contribution in [0, 0.1) is 0 Å². The van der Waals surface area contributed by atoms with Crippen LogP contribution in [0.25, 0.3) is 0 Å². The van der Waals surface area contributed by atoms with Crippen molar-refractivity contribution in [1.29, 1.82) is 0 Å². The quantitative estimate of drug-likeness (QED) is 0.575. The summed E-state index contributed by atoms with van der Waals surface area (Å²) in [4.78, 5) is 30.2. The lowest BCUT2D eigenvalue weighted by Gasteiger charge is -2.33. The van der Waals surface area contributed by atoms with Crippen molar-refractivity contribution < 1.29 is 29.3 Å². The topological polar surface area (TPSA) is 103 Å². The smallest absolute Gasteiger partial charge is 0.325 e. The van der Waals surface area contributed by atoms with E-state index in [0.29, 0.717) is 39.3 Å². The fourth-order valence-electron chi connectivity index (χ4n) is 3.65. The molecule has 2 N–H and O–H groups in total. The van der Waals surface area contributed by atoms with Crippen LogP contribution in [0.2, 0.25) is 0 Å². The lowest BCUT2D eigenvalue weighted by molar-refractivity contribution is -0.149. The minimum atomic E-state index is -0.732. The first-order chi connectivity index (χ1) is 14.4. The number of aliphatic hydroxyl groups excluding tert-OH is 2. The Balaban J connectivity index is 2.33. The largest absolute Gasteiger partial charge is 0.468 e. The molecule has 1 aliphatic heterocycles. The maximum absolute atomic E-state index is 12.2. The van der Waals surface area contributed by atoms with Gasteiger partial charge < -0.3 is 24.6 Å². The lowest BCUT2D eigenvalue weighted by Crippen LogP contribution is -2.49. The van der Waals surface area contributed by atoms with Crippen LogP contribution < -0.4 is 0 Å². The summed E-state index contributed by atoms with van der Waals surface area (Å²) in [5.41, 5.74) is 1.97. The Bertz CT molecular complexity index is 648. The Kier molecular flexibility index (Phi) is 9.67. The first-order valence-electron chi connectivity index (χ1n) is 10.0. The van der Waals surface area contributed by atoms with E-state index in [0.717, 1.165) is 11.1 Å². The van der Waals surface area contributed by atoms with Crippen molar-refractivity contribution in [2.45, 2.75) is 25.2 Å². The highest BCUT2D eigenvalue weighted by molar-refractivity contribution is 5.76. The van der Waals surface area contributed by atoms with E-state index < -0.39 is 24.0 Å². The van der Waals surface area contributed by atoms with Gasteiger partial charge in [-0.15, -0.1) is 0 Å². The number of nitrogens with zero attached hydrogens (tertiary/aromatic N) is 3. The molecule has 2 atom stereocenters. The Morgan fingerprint density at radius 3 is 1.70 bits per heavy atom. The average molecular weight is 424 g/mol. The van der Waals surface area contributed by atoms with E-state index in [4.69, 9.17) is 9.47 Å². The number of benzene rings is 1. The zero-order valence-electron chi connectivity index (χ0n) is 18.0. The fraction of sp³-hybridized carbons (Fsp3) is 0.619. The summed E-state index contributed by atoms with van der Waals surface area (Å²) < 4.78 is 9.74. The number of methoxy groups -OCH3 is 2. The number of hydrogen-bond donors (Lipinski definition) is 2. The molecule has 2 bridgehead atoms. The van der Waals surface area contributed by atoms with E-state index >= 15 is 0 Å². The molecule has 1 heterocycles. The molecule has 0 saturated carbocycles. The van der Waals surface area contributed by atoms with Gasteiger partial charge in [0.2, 0.25) is 0 Å². The highest BCUT2D eigenvalue weighted by Gasteiger charge is 2.29. The fourth-order valence-corrected chi connectivity index (χ4v) is 3.65. The van der Waals surface area contributed by atoms with Gasteiger partial charge in [0.15, 0.2) is 0 Å². The standard InChI is InChI=1S/C21H33N3O6/c1-22-7-9-23(18(14-25)20(27)29-2)12-16-5-4-6-17(11-16)13-24(10-8-22)19(15-26)21(28)30-3/h4-6,11,18-19,25-26H,7-10,12-15H2,1-3H3. The second-order valence-corrected chi connectivity index (χ2v) is 7.51. The third-order valence-electron chi connectivity index (χ3n) is 5.47. The van der Waals surface area contributed by atoms with Crippen LogP contribution in [0.5, 0.6) is 0 Å². The number of carbonyl (C=O) groups excluding carboxylic acids is 2. The number of rotatable bonds is 6. The van der Waals surface area contributed by atoms with E-state index in [1.54, 1.807) is 0 Å². The van der Waals surface area contributed by atoms with Gasteiger partial charge in [-0.1, -0.05) is 24.3 Å². The van der Waals surface area contributed by atoms with Crippen LogP contribution in [-0.4, -0.2) is 110 Å². The highest BCUT2D eigenvalue weighted by Crippen LogP contribution is 2.16.